The van der Waals surface area contributed by atoms with Gasteiger partial charge in [-0.3, -0.25) is 76.9 Å². The van der Waals surface area contributed by atoms with Crippen LogP contribution in [0.2, 0.25) is 0 Å². The Balaban J connectivity index is 3.36. The molecule has 24 N–H and O–H groups in total. The molecule has 0 bridgehead atoms. The third-order valence-electron chi connectivity index (χ3n) is 12.5. The molecule has 1 fully saturated rings. The molecule has 1 aliphatic heterocycles. The molecule has 1 aliphatic rings. The van der Waals surface area contributed by atoms with Gasteiger partial charge in [0.15, 0.2) is 5.96 Å². The summed E-state index contributed by atoms with van der Waals surface area (Å²) in [4.78, 5) is 199. The van der Waals surface area contributed by atoms with Crippen LogP contribution in [-0.4, -0.2) is 190 Å². The van der Waals surface area contributed by atoms with Gasteiger partial charge < -0.3 is 98.0 Å². The lowest BCUT2D eigenvalue weighted by molar-refractivity contribution is -0.143. The first-order chi connectivity index (χ1) is 38.8. The number of nitrogens with two attached hydrogens (primary N) is 7. The minimum Gasteiger partial charge on any atom is -0.481 e. The van der Waals surface area contributed by atoms with Crippen LogP contribution < -0.4 is 88.0 Å². The van der Waals surface area contributed by atoms with Crippen LogP contribution in [0.15, 0.2) is 4.99 Å². The highest BCUT2D eigenvalue weighted by molar-refractivity contribution is 7.80. The van der Waals surface area contributed by atoms with Crippen LogP contribution in [0, 0.1) is 5.92 Å². The number of amides is 14. The Hall–Kier alpha value is -8.37. The van der Waals surface area contributed by atoms with Crippen molar-refractivity contribution >= 4 is 107 Å². The van der Waals surface area contributed by atoms with Crippen molar-refractivity contribution in [2.75, 3.05) is 25.4 Å². The third-order valence-corrected chi connectivity index (χ3v) is 12.9. The smallest absolute Gasteiger partial charge is 0.303 e. The Kier molecular flexibility index (Phi) is 32.3. The Bertz CT molecular complexity index is 2390. The second-order valence-electron chi connectivity index (χ2n) is 19.9. The van der Waals surface area contributed by atoms with Crippen LogP contribution >= 0.6 is 12.6 Å². The summed E-state index contributed by atoms with van der Waals surface area (Å²) in [6.45, 7) is 5.55. The summed E-state index contributed by atoms with van der Waals surface area (Å²) in [5, 5.41) is 30.6. The lowest BCUT2D eigenvalue weighted by atomic mass is 10.0. The molecule has 0 spiro atoms. The lowest BCUT2D eigenvalue weighted by Gasteiger charge is -2.30. The van der Waals surface area contributed by atoms with Crippen LogP contribution in [0.1, 0.15) is 111 Å². The predicted octanol–water partition coefficient (Wildman–Crippen LogP) is -8.48. The molecule has 0 aromatic carbocycles. The largest absolute Gasteiger partial charge is 0.481 e. The lowest BCUT2D eigenvalue weighted by Crippen LogP contribution is -2.61. The van der Waals surface area contributed by atoms with Crippen molar-refractivity contribution in [2.45, 2.75) is 172 Å². The number of guanidine groups is 1. The molecule has 10 atom stereocenters. The number of carboxylic acids is 1. The van der Waals surface area contributed by atoms with Gasteiger partial charge in [-0.25, -0.2) is 0 Å². The van der Waals surface area contributed by atoms with Crippen molar-refractivity contribution < 1.29 is 77.0 Å². The number of thiol groups is 1. The van der Waals surface area contributed by atoms with Gasteiger partial charge in [-0.15, -0.1) is 0 Å². The highest BCUT2D eigenvalue weighted by Gasteiger charge is 2.41. The van der Waals surface area contributed by atoms with E-state index in [0.717, 1.165) is 11.8 Å². The number of rotatable bonds is 39. The predicted molar refractivity (Wildman–Crippen MR) is 297 cm³/mol. The number of aliphatic carboxylic acids is 1. The van der Waals surface area contributed by atoms with Gasteiger partial charge in [0, 0.05) is 38.6 Å². The summed E-state index contributed by atoms with van der Waals surface area (Å²) in [6.07, 6.45) is -2.20. The Morgan fingerprint density at radius 2 is 1.05 bits per heavy atom. The van der Waals surface area contributed by atoms with E-state index in [1.54, 1.807) is 0 Å². The minimum atomic E-state index is -1.69. The van der Waals surface area contributed by atoms with Crippen molar-refractivity contribution in [3.05, 3.63) is 0 Å². The number of unbranched alkanes of at least 4 members (excludes halogenated alkanes) is 1. The molecule has 14 amide bonds. The number of carboxylic acid groups (broad SMARTS) is 1. The average Bonchev–Trinajstić information content (AvgIpc) is 4.11. The van der Waals surface area contributed by atoms with Gasteiger partial charge in [-0.05, 0) is 77.2 Å². The van der Waals surface area contributed by atoms with E-state index in [2.05, 4.69) is 65.5 Å². The van der Waals surface area contributed by atoms with E-state index < -0.39 is 193 Å². The van der Waals surface area contributed by atoms with Crippen LogP contribution in [-0.2, 0) is 71.9 Å². The Morgan fingerprint density at radius 1 is 0.554 bits per heavy atom. The number of nitrogens with one attached hydrogen (secondary N) is 9. The van der Waals surface area contributed by atoms with Crippen LogP contribution in [0.25, 0.3) is 0 Å². The zero-order chi connectivity index (χ0) is 63.3. The van der Waals surface area contributed by atoms with Crippen molar-refractivity contribution in [3.8, 4) is 0 Å². The maximum Gasteiger partial charge on any atom is 0.303 e. The van der Waals surface area contributed by atoms with E-state index in [1.807, 2.05) is 0 Å². The number of hydrogen-bond donors (Lipinski definition) is 18. The first-order valence-corrected chi connectivity index (χ1v) is 27.2. The minimum absolute atomic E-state index is 0.0187. The second kappa shape index (κ2) is 36.9. The van der Waals surface area contributed by atoms with Gasteiger partial charge in [0.25, 0.3) is 0 Å². The number of primary amides is 4. The van der Waals surface area contributed by atoms with Gasteiger partial charge in [-0.2, -0.15) is 12.6 Å². The van der Waals surface area contributed by atoms with Crippen LogP contribution in [0.4, 0.5) is 0 Å². The van der Waals surface area contributed by atoms with Gasteiger partial charge in [0.05, 0.1) is 12.8 Å². The Morgan fingerprint density at radius 3 is 1.57 bits per heavy atom. The van der Waals surface area contributed by atoms with E-state index in [0.29, 0.717) is 12.8 Å². The van der Waals surface area contributed by atoms with Gasteiger partial charge >= 0.3 is 5.97 Å². The highest BCUT2D eigenvalue weighted by Crippen LogP contribution is 2.20. The number of carbonyl (C=O) groups excluding carboxylic acids is 14. The summed E-state index contributed by atoms with van der Waals surface area (Å²) < 4.78 is 0. The third kappa shape index (κ3) is 27.3. The topological polar surface area (TPSA) is 582 Å². The zero-order valence-electron chi connectivity index (χ0n) is 46.8. The number of likely N-dealkylation sites (tertiary alicyclic amines) is 1. The summed E-state index contributed by atoms with van der Waals surface area (Å²) in [7, 11) is 0. The van der Waals surface area contributed by atoms with E-state index in [-0.39, 0.29) is 64.1 Å². The fourth-order valence-corrected chi connectivity index (χ4v) is 8.47. The second-order valence-corrected chi connectivity index (χ2v) is 20.2. The molecule has 1 heterocycles. The first kappa shape index (κ1) is 72.6. The maximum absolute atomic E-state index is 14.1. The molecule has 0 radical (unpaired) electrons. The molecular weight excluding hydrogens is 1120 g/mol. The molecule has 0 aliphatic carbocycles. The van der Waals surface area contributed by atoms with Crippen molar-refractivity contribution in [3.63, 3.8) is 0 Å². The normalized spacial score (nSPS) is 16.0. The summed E-state index contributed by atoms with van der Waals surface area (Å²) in [5.41, 5.74) is 38.0. The molecule has 0 aromatic heterocycles. The molecule has 0 aromatic rings. The van der Waals surface area contributed by atoms with Crippen LogP contribution in [0.3, 0.4) is 0 Å². The fraction of sp³-hybridized carbons (Fsp3) is 0.667. The van der Waals surface area contributed by atoms with Gasteiger partial charge in [-0.1, -0.05) is 13.8 Å². The standard InChI is InChI=1S/C48H82N18O16S/c1-22(2)37(46(81)64-31(21-83)44(79)57-23(3)39(74)63-30(20-35(52)70)47(82)66-18-8-11-32(66)45(80)59-25(38(53)73)13-15-36(71)72)65-42(77)28(12-14-33(50)68)61-41(76)27(10-7-17-56-48(54)55)60-43(78)29(19-34(51)69)62-40(75)26(58-24(4)67)9-5-6-16-49/h22-23,25-32,37,83H,5-21,49H2,1-4H3,(H2,50,68)(H2,51,69)(H2,52,70)(H2,53,73)(H,57,79)(H,58,67)(H,59,80)(H,60,78)(H,61,76)(H,62,75)(H,63,74)(H,64,81)(H,65,77)(H,71,72)(H4,54,55,56)/t23-,25-,26-,27-,28-,29-,30-,31-,32-,37-/m0/s1. The fourth-order valence-electron chi connectivity index (χ4n) is 8.21. The van der Waals surface area contributed by atoms with Crippen molar-refractivity contribution in [1.29, 1.82) is 0 Å². The van der Waals surface area contributed by atoms with E-state index >= 15 is 0 Å². The Labute approximate surface area is 483 Å². The van der Waals surface area contributed by atoms with Crippen molar-refractivity contribution in [1.82, 2.24) is 52.8 Å². The number of carbonyl (C=O) groups is 15. The monoisotopic (exact) mass is 1200 g/mol. The summed E-state index contributed by atoms with van der Waals surface area (Å²) in [5.74, 6) is -16.2. The molecule has 466 valence electrons. The van der Waals surface area contributed by atoms with Crippen LogP contribution in [0.5, 0.6) is 0 Å². The molecule has 0 saturated carbocycles. The summed E-state index contributed by atoms with van der Waals surface area (Å²) >= 11 is 4.17. The number of hydrogen-bond acceptors (Lipinski definition) is 18. The zero-order valence-corrected chi connectivity index (χ0v) is 47.7. The van der Waals surface area contributed by atoms with E-state index in [4.69, 9.17) is 45.2 Å². The molecule has 34 nitrogen and oxygen atoms in total. The van der Waals surface area contributed by atoms with Gasteiger partial charge in [0.1, 0.15) is 60.4 Å². The van der Waals surface area contributed by atoms with Gasteiger partial charge in [0.2, 0.25) is 82.7 Å². The molecule has 35 heteroatoms. The molecular formula is C48H82N18O16S. The summed E-state index contributed by atoms with van der Waals surface area (Å²) in [6, 6.07) is -14.9. The van der Waals surface area contributed by atoms with E-state index in [9.17, 15) is 71.9 Å². The molecule has 0 unspecified atom stereocenters. The number of aliphatic imine (C=N–C) groups is 1. The van der Waals surface area contributed by atoms with E-state index in [1.165, 1.54) is 20.8 Å². The average molecular weight is 1200 g/mol. The quantitative estimate of drug-likeness (QED) is 0.0118. The molecule has 1 saturated heterocycles. The highest BCUT2D eigenvalue weighted by atomic mass is 32.1. The maximum atomic E-state index is 14.1. The SMILES string of the molecule is CC(=O)N[C@@H](CCCCN)C(=O)N[C@@H](CC(N)=O)C(=O)N[C@@H](CCCN=C(N)N)C(=O)N[C@@H](CCC(N)=O)C(=O)N[C@H](C(=O)N[C@@H](CS)C(=O)N[C@@H](C)C(=O)N[C@@H](CC(N)=O)C(=O)N1CCC[C@H]1C(=O)N[C@@H](CCC(=O)O)C(N)=O)C(C)C. The number of nitrogens with zero attached hydrogens (tertiary/aromatic N) is 2. The molecule has 83 heavy (non-hydrogen) atoms. The first-order valence-electron chi connectivity index (χ1n) is 26.6. The molecule has 1 rings (SSSR count). The van der Waals surface area contributed by atoms with Crippen molar-refractivity contribution in [2.24, 2.45) is 51.0 Å².